The number of hydrogen-bond donors (Lipinski definition) is 1. The van der Waals surface area contributed by atoms with Gasteiger partial charge in [-0.3, -0.25) is 0 Å². The Hall–Kier alpha value is -3.99. The molecule has 1 heterocycles. The summed E-state index contributed by atoms with van der Waals surface area (Å²) < 4.78 is 86.3. The largest absolute Gasteiger partial charge is 0.466 e. The summed E-state index contributed by atoms with van der Waals surface area (Å²) in [5.41, 5.74) is -0.630. The van der Waals surface area contributed by atoms with Crippen LogP contribution >= 0.6 is 11.6 Å². The van der Waals surface area contributed by atoms with Gasteiger partial charge < -0.3 is 15.0 Å². The highest BCUT2D eigenvalue weighted by molar-refractivity contribution is 6.30. The molecule has 4 rings (SSSR count). The Bertz CT molecular complexity index is 1480. The van der Waals surface area contributed by atoms with E-state index in [0.29, 0.717) is 10.6 Å². The Balaban J connectivity index is 1.84. The Morgan fingerprint density at radius 2 is 1.66 bits per heavy atom. The zero-order valence-electron chi connectivity index (χ0n) is 21.8. The third kappa shape index (κ3) is 6.84. The lowest BCUT2D eigenvalue weighted by atomic mass is 9.94. The van der Waals surface area contributed by atoms with Crippen molar-refractivity contribution in [3.63, 3.8) is 0 Å². The van der Waals surface area contributed by atoms with E-state index in [1.807, 2.05) is 0 Å². The van der Waals surface area contributed by atoms with Crippen molar-refractivity contribution >= 4 is 23.5 Å². The molecular weight excluding hydrogens is 572 g/mol. The summed E-state index contributed by atoms with van der Waals surface area (Å²) in [5.74, 6) is -0.662. The maximum Gasteiger partial charge on any atom is 0.416 e. The highest BCUT2D eigenvalue weighted by Gasteiger charge is 2.38. The number of benzene rings is 3. The number of methoxy groups -OCH3 is 1. The molecule has 1 unspecified atom stereocenters. The average molecular weight is 596 g/mol. The minimum Gasteiger partial charge on any atom is -0.466 e. The first kappa shape index (κ1) is 30.0. The number of aliphatic imine (C=N–C) groups is 1. The van der Waals surface area contributed by atoms with Crippen molar-refractivity contribution in [1.82, 2.24) is 10.2 Å². The smallest absolute Gasteiger partial charge is 0.416 e. The standard InChI is InChI=1S/C29H24ClF6N3O2/c1-17-24(26(40)41-2)25(19-10-12-22(30)13-11-19)38-27(37-15-18-6-5-8-21(14-18)28(31,32)33)39(17)16-20-7-3-4-9-23(20)29(34,35)36/h3-14,25H,15-16H2,1-2H3,(H,37,38). The molecule has 1 aliphatic heterocycles. The third-order valence-corrected chi connectivity index (χ3v) is 6.79. The van der Waals surface area contributed by atoms with Gasteiger partial charge >= 0.3 is 18.3 Å². The number of carbonyl (C=O) groups excluding carboxylic acids is 1. The Morgan fingerprint density at radius 1 is 0.976 bits per heavy atom. The molecule has 216 valence electrons. The second-order valence-corrected chi connectivity index (χ2v) is 9.64. The molecule has 3 aromatic rings. The lowest BCUT2D eigenvalue weighted by molar-refractivity contribution is -0.139. The highest BCUT2D eigenvalue weighted by Crippen LogP contribution is 2.36. The van der Waals surface area contributed by atoms with E-state index in [-0.39, 0.29) is 41.4 Å². The van der Waals surface area contributed by atoms with Gasteiger partial charge in [-0.25, -0.2) is 9.79 Å². The number of ether oxygens (including phenoxy) is 1. The van der Waals surface area contributed by atoms with Gasteiger partial charge in [-0.1, -0.05) is 54.1 Å². The van der Waals surface area contributed by atoms with E-state index in [9.17, 15) is 31.1 Å². The van der Waals surface area contributed by atoms with Crippen LogP contribution in [0.25, 0.3) is 0 Å². The number of guanidine groups is 1. The normalized spacial score (nSPS) is 17.0. The van der Waals surface area contributed by atoms with Crippen LogP contribution in [0.15, 0.2) is 89.1 Å². The summed E-state index contributed by atoms with van der Waals surface area (Å²) in [6.45, 7) is 0.980. The summed E-state index contributed by atoms with van der Waals surface area (Å²) in [6, 6.07) is 15.3. The fourth-order valence-electron chi connectivity index (χ4n) is 4.51. The molecule has 41 heavy (non-hydrogen) atoms. The van der Waals surface area contributed by atoms with Crippen LogP contribution in [0.5, 0.6) is 0 Å². The monoisotopic (exact) mass is 595 g/mol. The van der Waals surface area contributed by atoms with Crippen LogP contribution in [0.1, 0.15) is 40.8 Å². The molecule has 0 aromatic heterocycles. The van der Waals surface area contributed by atoms with E-state index in [2.05, 4.69) is 10.3 Å². The quantitative estimate of drug-likeness (QED) is 0.236. The number of hydrogen-bond acceptors (Lipinski definition) is 3. The molecule has 0 radical (unpaired) electrons. The molecule has 0 fully saturated rings. The van der Waals surface area contributed by atoms with E-state index in [1.54, 1.807) is 31.2 Å². The van der Waals surface area contributed by atoms with Crippen LogP contribution in [0.4, 0.5) is 26.3 Å². The number of nitrogens with zero attached hydrogens (tertiary/aromatic N) is 2. The first-order valence-corrected chi connectivity index (χ1v) is 12.6. The van der Waals surface area contributed by atoms with Crippen LogP contribution in [-0.4, -0.2) is 23.9 Å². The predicted molar refractivity (Wildman–Crippen MR) is 142 cm³/mol. The van der Waals surface area contributed by atoms with Gasteiger partial charge in [0.15, 0.2) is 5.96 Å². The van der Waals surface area contributed by atoms with E-state index in [4.69, 9.17) is 16.3 Å². The van der Waals surface area contributed by atoms with Gasteiger partial charge in [0, 0.05) is 10.7 Å². The van der Waals surface area contributed by atoms with E-state index in [0.717, 1.165) is 18.2 Å². The Labute approximate surface area is 237 Å². The third-order valence-electron chi connectivity index (χ3n) is 6.54. The summed E-state index contributed by atoms with van der Waals surface area (Å²) in [6.07, 6.45) is -9.21. The number of esters is 1. The molecule has 0 bridgehead atoms. The first-order valence-electron chi connectivity index (χ1n) is 12.2. The van der Waals surface area contributed by atoms with Crippen molar-refractivity contribution in [2.45, 2.75) is 38.4 Å². The Morgan fingerprint density at radius 3 is 2.29 bits per heavy atom. The summed E-state index contributed by atoms with van der Waals surface area (Å²) in [4.78, 5) is 18.8. The maximum atomic E-state index is 13.8. The molecule has 3 aromatic carbocycles. The van der Waals surface area contributed by atoms with Crippen LogP contribution in [-0.2, 0) is 35.0 Å². The van der Waals surface area contributed by atoms with Gasteiger partial charge in [-0.2, -0.15) is 26.3 Å². The van der Waals surface area contributed by atoms with Crippen molar-refractivity contribution in [1.29, 1.82) is 0 Å². The molecule has 0 saturated heterocycles. The van der Waals surface area contributed by atoms with Gasteiger partial charge in [0.05, 0.1) is 42.9 Å². The number of halogens is 7. The highest BCUT2D eigenvalue weighted by atomic mass is 35.5. The predicted octanol–water partition coefficient (Wildman–Crippen LogP) is 7.53. The van der Waals surface area contributed by atoms with Crippen molar-refractivity contribution < 1.29 is 35.9 Å². The molecule has 1 N–H and O–H groups in total. The number of allylic oxidation sites excluding steroid dienone is 1. The lowest BCUT2D eigenvalue weighted by Crippen LogP contribution is -2.48. The fourth-order valence-corrected chi connectivity index (χ4v) is 4.64. The summed E-state index contributed by atoms with van der Waals surface area (Å²) in [5, 5.41) is 3.54. The summed E-state index contributed by atoms with van der Waals surface area (Å²) in [7, 11) is 1.18. The van der Waals surface area contributed by atoms with Gasteiger partial charge in [0.25, 0.3) is 0 Å². The molecule has 12 heteroatoms. The van der Waals surface area contributed by atoms with Gasteiger partial charge in [-0.15, -0.1) is 0 Å². The molecular formula is C29H24ClF6N3O2. The van der Waals surface area contributed by atoms with E-state index < -0.39 is 35.5 Å². The topological polar surface area (TPSA) is 53.9 Å². The molecule has 1 atom stereocenters. The van der Waals surface area contributed by atoms with Crippen LogP contribution in [0.3, 0.4) is 0 Å². The van der Waals surface area contributed by atoms with Crippen molar-refractivity contribution in [3.05, 3.63) is 117 Å². The van der Waals surface area contributed by atoms with Crippen LogP contribution in [0.2, 0.25) is 5.02 Å². The average Bonchev–Trinajstić information content (AvgIpc) is 2.92. The lowest BCUT2D eigenvalue weighted by Gasteiger charge is -2.38. The molecule has 1 aliphatic rings. The van der Waals surface area contributed by atoms with Crippen molar-refractivity contribution in [2.24, 2.45) is 4.99 Å². The van der Waals surface area contributed by atoms with Crippen LogP contribution < -0.4 is 5.32 Å². The minimum absolute atomic E-state index is 0.0597. The van der Waals surface area contributed by atoms with Gasteiger partial charge in [0.1, 0.15) is 0 Å². The SMILES string of the molecule is COC(=O)C1=C(C)N(Cc2ccccc2C(F)(F)F)C(=NCc2cccc(C(F)(F)F)c2)NC1c1ccc(Cl)cc1. The molecule has 0 spiro atoms. The first-order chi connectivity index (χ1) is 19.3. The van der Waals surface area contributed by atoms with Crippen molar-refractivity contribution in [3.8, 4) is 0 Å². The zero-order valence-corrected chi connectivity index (χ0v) is 22.5. The molecule has 0 amide bonds. The zero-order chi connectivity index (χ0) is 29.9. The second-order valence-electron chi connectivity index (χ2n) is 9.20. The number of alkyl halides is 6. The summed E-state index contributed by atoms with van der Waals surface area (Å²) >= 11 is 6.03. The number of carbonyl (C=O) groups is 1. The van der Waals surface area contributed by atoms with Gasteiger partial charge in [-0.05, 0) is 53.9 Å². The number of nitrogens with one attached hydrogen (secondary N) is 1. The molecule has 0 aliphatic carbocycles. The minimum atomic E-state index is -4.65. The molecule has 5 nitrogen and oxygen atoms in total. The maximum absolute atomic E-state index is 13.8. The van der Waals surface area contributed by atoms with Crippen molar-refractivity contribution in [2.75, 3.05) is 7.11 Å². The Kier molecular flexibility index (Phi) is 8.67. The molecule has 0 saturated carbocycles. The van der Waals surface area contributed by atoms with E-state index >= 15 is 0 Å². The van der Waals surface area contributed by atoms with E-state index in [1.165, 1.54) is 42.3 Å². The van der Waals surface area contributed by atoms with Gasteiger partial charge in [0.2, 0.25) is 0 Å². The second kappa shape index (κ2) is 11.9. The fraction of sp³-hybridized carbons (Fsp3) is 0.241. The van der Waals surface area contributed by atoms with Crippen LogP contribution in [0, 0.1) is 0 Å². The number of rotatable bonds is 6.